The van der Waals surface area contributed by atoms with E-state index in [1.165, 1.54) is 0 Å². The molecule has 0 radical (unpaired) electrons. The van der Waals surface area contributed by atoms with Crippen molar-refractivity contribution >= 4 is 45.3 Å². The van der Waals surface area contributed by atoms with Crippen molar-refractivity contribution in [3.63, 3.8) is 0 Å². The summed E-state index contributed by atoms with van der Waals surface area (Å²) in [6.07, 6.45) is 0. The van der Waals surface area contributed by atoms with Crippen molar-refractivity contribution in [1.29, 1.82) is 0 Å². The van der Waals surface area contributed by atoms with Crippen molar-refractivity contribution in [3.8, 4) is 0 Å². The SMILES string of the molecule is Cc1cc(Br)ccc1NC(=O)CSCC(=O)[O-]. The Kier molecular flexibility index (Phi) is 5.50. The van der Waals surface area contributed by atoms with Crippen molar-refractivity contribution in [2.24, 2.45) is 0 Å². The third kappa shape index (κ3) is 5.23. The zero-order chi connectivity index (χ0) is 12.8. The lowest BCUT2D eigenvalue weighted by molar-refractivity contribution is -0.301. The van der Waals surface area contributed by atoms with Crippen LogP contribution in [0.1, 0.15) is 5.56 Å². The molecule has 1 aromatic rings. The molecule has 0 heterocycles. The Bertz CT molecular complexity index is 437. The molecule has 0 aliphatic carbocycles. The molecule has 0 aliphatic rings. The minimum atomic E-state index is -1.16. The molecule has 0 saturated carbocycles. The third-order valence-electron chi connectivity index (χ3n) is 1.92. The summed E-state index contributed by atoms with van der Waals surface area (Å²) in [5, 5.41) is 12.9. The molecular weight excluding hydrogens is 306 g/mol. The number of carbonyl (C=O) groups excluding carboxylic acids is 2. The molecule has 1 N–H and O–H groups in total. The molecule has 92 valence electrons. The fourth-order valence-electron chi connectivity index (χ4n) is 1.18. The first kappa shape index (κ1) is 14.1. The van der Waals surface area contributed by atoms with Gasteiger partial charge in [-0.1, -0.05) is 15.9 Å². The number of nitrogens with one attached hydrogen (secondary N) is 1. The van der Waals surface area contributed by atoms with Gasteiger partial charge in [0.25, 0.3) is 0 Å². The zero-order valence-corrected chi connectivity index (χ0v) is 11.6. The predicted octanol–water partition coefficient (Wildman–Crippen LogP) is 1.18. The van der Waals surface area contributed by atoms with Gasteiger partial charge in [0.2, 0.25) is 5.91 Å². The van der Waals surface area contributed by atoms with E-state index in [1.54, 1.807) is 6.07 Å². The zero-order valence-electron chi connectivity index (χ0n) is 9.16. The number of benzene rings is 1. The number of halogens is 1. The lowest BCUT2D eigenvalue weighted by Crippen LogP contribution is -2.25. The molecule has 0 atom stereocenters. The molecule has 1 amide bonds. The average Bonchev–Trinajstić information content (AvgIpc) is 2.21. The Labute approximate surface area is 112 Å². The number of hydrogen-bond donors (Lipinski definition) is 1. The lowest BCUT2D eigenvalue weighted by atomic mass is 10.2. The maximum Gasteiger partial charge on any atom is 0.234 e. The maximum absolute atomic E-state index is 11.5. The Hall–Kier alpha value is -1.01. The highest BCUT2D eigenvalue weighted by Crippen LogP contribution is 2.20. The number of aryl methyl sites for hydroxylation is 1. The van der Waals surface area contributed by atoms with E-state index in [0.717, 1.165) is 27.5 Å². The summed E-state index contributed by atoms with van der Waals surface area (Å²) in [6, 6.07) is 5.52. The highest BCUT2D eigenvalue weighted by atomic mass is 79.9. The van der Waals surface area contributed by atoms with Gasteiger partial charge in [-0.15, -0.1) is 11.8 Å². The number of anilines is 1. The topological polar surface area (TPSA) is 69.2 Å². The van der Waals surface area contributed by atoms with Crippen LogP contribution in [0.15, 0.2) is 22.7 Å². The molecule has 0 bridgehead atoms. The monoisotopic (exact) mass is 316 g/mol. The Morgan fingerprint density at radius 2 is 2.12 bits per heavy atom. The van der Waals surface area contributed by atoms with Crippen LogP contribution in [0, 0.1) is 6.92 Å². The van der Waals surface area contributed by atoms with Gasteiger partial charge in [-0.2, -0.15) is 0 Å². The van der Waals surface area contributed by atoms with Crippen molar-refractivity contribution in [3.05, 3.63) is 28.2 Å². The number of carboxylic acids is 1. The fraction of sp³-hybridized carbons (Fsp3) is 0.273. The van der Waals surface area contributed by atoms with E-state index in [0.29, 0.717) is 0 Å². The van der Waals surface area contributed by atoms with Gasteiger partial charge in [0.05, 0.1) is 11.7 Å². The molecule has 6 heteroatoms. The normalized spacial score (nSPS) is 10.0. The lowest BCUT2D eigenvalue weighted by Gasteiger charge is -2.08. The van der Waals surface area contributed by atoms with E-state index in [4.69, 9.17) is 0 Å². The third-order valence-corrected chi connectivity index (χ3v) is 3.32. The minimum absolute atomic E-state index is 0.101. The van der Waals surface area contributed by atoms with Gasteiger partial charge in [0, 0.05) is 15.9 Å². The first-order chi connectivity index (χ1) is 7.99. The largest absolute Gasteiger partial charge is 0.549 e. The molecule has 0 spiro atoms. The van der Waals surface area contributed by atoms with Crippen LogP contribution in [0.4, 0.5) is 5.69 Å². The van der Waals surface area contributed by atoms with E-state index in [2.05, 4.69) is 21.2 Å². The molecule has 1 rings (SSSR count). The number of aliphatic carboxylic acids is 1. The predicted molar refractivity (Wildman–Crippen MR) is 69.8 cm³/mol. The van der Waals surface area contributed by atoms with Crippen molar-refractivity contribution in [1.82, 2.24) is 0 Å². The van der Waals surface area contributed by atoms with Crippen molar-refractivity contribution < 1.29 is 14.7 Å². The van der Waals surface area contributed by atoms with E-state index in [9.17, 15) is 14.7 Å². The summed E-state index contributed by atoms with van der Waals surface area (Å²) in [4.78, 5) is 21.6. The van der Waals surface area contributed by atoms with Gasteiger partial charge in [0.15, 0.2) is 0 Å². The molecule has 0 aliphatic heterocycles. The van der Waals surface area contributed by atoms with Crippen molar-refractivity contribution in [2.45, 2.75) is 6.92 Å². The van der Waals surface area contributed by atoms with Crippen LogP contribution in [0.3, 0.4) is 0 Å². The van der Waals surface area contributed by atoms with E-state index < -0.39 is 5.97 Å². The first-order valence-electron chi connectivity index (χ1n) is 4.82. The van der Waals surface area contributed by atoms with Gasteiger partial charge >= 0.3 is 0 Å². The van der Waals surface area contributed by atoms with Crippen LogP contribution in [0.2, 0.25) is 0 Å². The highest BCUT2D eigenvalue weighted by Gasteiger charge is 2.05. The number of rotatable bonds is 5. The summed E-state index contributed by atoms with van der Waals surface area (Å²) in [6.45, 7) is 1.88. The van der Waals surface area contributed by atoms with Gasteiger partial charge in [-0.3, -0.25) is 4.79 Å². The Balaban J connectivity index is 2.48. The Morgan fingerprint density at radius 1 is 1.41 bits per heavy atom. The summed E-state index contributed by atoms with van der Waals surface area (Å²) in [5.74, 6) is -1.46. The quantitative estimate of drug-likeness (QED) is 0.885. The maximum atomic E-state index is 11.5. The molecule has 1 aromatic carbocycles. The number of carboxylic acid groups (broad SMARTS) is 1. The van der Waals surface area contributed by atoms with Gasteiger partial charge in [0.1, 0.15) is 0 Å². The minimum Gasteiger partial charge on any atom is -0.549 e. The molecule has 0 unspecified atom stereocenters. The number of hydrogen-bond acceptors (Lipinski definition) is 4. The second kappa shape index (κ2) is 6.66. The van der Waals surface area contributed by atoms with E-state index in [-0.39, 0.29) is 17.4 Å². The molecule has 0 aromatic heterocycles. The summed E-state index contributed by atoms with van der Waals surface area (Å²) in [7, 11) is 0. The van der Waals surface area contributed by atoms with Crippen molar-refractivity contribution in [2.75, 3.05) is 16.8 Å². The fourth-order valence-corrected chi connectivity index (χ4v) is 2.18. The van der Waals surface area contributed by atoms with Crippen LogP contribution in [0.25, 0.3) is 0 Å². The van der Waals surface area contributed by atoms with Crippen LogP contribution in [-0.2, 0) is 9.59 Å². The van der Waals surface area contributed by atoms with Gasteiger partial charge in [-0.05, 0) is 30.7 Å². The summed E-state index contributed by atoms with van der Waals surface area (Å²) < 4.78 is 0.944. The first-order valence-corrected chi connectivity index (χ1v) is 6.77. The number of thioether (sulfide) groups is 1. The van der Waals surface area contributed by atoms with E-state index >= 15 is 0 Å². The van der Waals surface area contributed by atoms with Gasteiger partial charge < -0.3 is 15.2 Å². The van der Waals surface area contributed by atoms with Crippen LogP contribution < -0.4 is 10.4 Å². The molecular formula is C11H11BrNO3S-. The molecule has 0 saturated heterocycles. The summed E-state index contributed by atoms with van der Waals surface area (Å²) in [5.41, 5.74) is 1.67. The second-order valence-corrected chi connectivity index (χ2v) is 5.27. The molecule has 4 nitrogen and oxygen atoms in total. The van der Waals surface area contributed by atoms with Gasteiger partial charge in [-0.25, -0.2) is 0 Å². The van der Waals surface area contributed by atoms with Crippen LogP contribution >= 0.6 is 27.7 Å². The van der Waals surface area contributed by atoms with E-state index in [1.807, 2.05) is 19.1 Å². The Morgan fingerprint density at radius 3 is 2.71 bits per heavy atom. The number of amides is 1. The second-order valence-electron chi connectivity index (χ2n) is 3.37. The number of carbonyl (C=O) groups is 2. The van der Waals surface area contributed by atoms with Crippen LogP contribution in [0.5, 0.6) is 0 Å². The summed E-state index contributed by atoms with van der Waals surface area (Å²) >= 11 is 4.35. The smallest absolute Gasteiger partial charge is 0.234 e. The average molecular weight is 317 g/mol. The highest BCUT2D eigenvalue weighted by molar-refractivity contribution is 9.10. The van der Waals surface area contributed by atoms with Crippen LogP contribution in [-0.4, -0.2) is 23.4 Å². The standard InChI is InChI=1S/C11H12BrNO3S/c1-7-4-8(12)2-3-9(7)13-10(14)5-17-6-11(15)16/h2-4H,5-6H2,1H3,(H,13,14)(H,15,16)/p-1. The molecule has 0 fully saturated rings. The molecule has 17 heavy (non-hydrogen) atoms.